The molecule has 2 aliphatic rings. The molecule has 184 valence electrons. The highest BCUT2D eigenvalue weighted by molar-refractivity contribution is 7.89. The van der Waals surface area contributed by atoms with Crippen LogP contribution >= 0.6 is 0 Å². The zero-order chi connectivity index (χ0) is 24.3. The van der Waals surface area contributed by atoms with E-state index in [1.54, 1.807) is 17.0 Å². The molecular formula is C23H25F3N2O5S. The van der Waals surface area contributed by atoms with Crippen LogP contribution in [-0.4, -0.2) is 58.2 Å². The van der Waals surface area contributed by atoms with Crippen molar-refractivity contribution in [1.29, 1.82) is 0 Å². The van der Waals surface area contributed by atoms with E-state index < -0.39 is 34.4 Å². The molecule has 1 saturated heterocycles. The molecule has 11 heteroatoms. The van der Waals surface area contributed by atoms with Crippen molar-refractivity contribution < 1.29 is 35.9 Å². The third kappa shape index (κ3) is 5.70. The van der Waals surface area contributed by atoms with Gasteiger partial charge < -0.3 is 14.4 Å². The number of halogens is 3. The lowest BCUT2D eigenvalue weighted by molar-refractivity contribution is -0.140. The lowest BCUT2D eigenvalue weighted by Crippen LogP contribution is -2.44. The number of alkyl halides is 2. The Bertz CT molecular complexity index is 1110. The molecule has 1 heterocycles. The Labute approximate surface area is 195 Å². The SMILES string of the molecule is O=C([C@H]1C[C@@H](NS(=O)(=O)c2cccc(OC(F)F)c2)C[C@@H]1c1ccc(F)cc1)N1CCOCC1. The first-order chi connectivity index (χ1) is 16.2. The first-order valence-corrected chi connectivity index (χ1v) is 12.4. The Morgan fingerprint density at radius 1 is 1.09 bits per heavy atom. The third-order valence-corrected chi connectivity index (χ3v) is 7.68. The molecule has 1 amide bonds. The summed E-state index contributed by atoms with van der Waals surface area (Å²) >= 11 is 0. The number of ether oxygens (including phenoxy) is 2. The van der Waals surface area contributed by atoms with E-state index in [0.29, 0.717) is 32.7 Å². The number of rotatable bonds is 7. The quantitative estimate of drug-likeness (QED) is 0.634. The molecule has 2 aromatic rings. The summed E-state index contributed by atoms with van der Waals surface area (Å²) in [6.45, 7) is -1.29. The monoisotopic (exact) mass is 498 g/mol. The van der Waals surface area contributed by atoms with Gasteiger partial charge in [0.05, 0.1) is 18.1 Å². The molecule has 7 nitrogen and oxygen atoms in total. The van der Waals surface area contributed by atoms with Crippen LogP contribution in [0.15, 0.2) is 53.4 Å². The normalized spacial score (nSPS) is 23.3. The van der Waals surface area contributed by atoms with E-state index in [4.69, 9.17) is 4.74 Å². The topological polar surface area (TPSA) is 84.9 Å². The second kappa shape index (κ2) is 10.3. The summed E-state index contributed by atoms with van der Waals surface area (Å²) < 4.78 is 76.7. The van der Waals surface area contributed by atoms with Crippen LogP contribution in [-0.2, 0) is 19.6 Å². The van der Waals surface area contributed by atoms with Gasteiger partial charge in [-0.25, -0.2) is 17.5 Å². The van der Waals surface area contributed by atoms with Gasteiger partial charge in [-0.1, -0.05) is 18.2 Å². The van der Waals surface area contributed by atoms with Crippen molar-refractivity contribution in [2.24, 2.45) is 5.92 Å². The second-order valence-electron chi connectivity index (χ2n) is 8.35. The number of hydrogen-bond donors (Lipinski definition) is 1. The molecule has 0 radical (unpaired) electrons. The first kappa shape index (κ1) is 24.5. The fourth-order valence-electron chi connectivity index (χ4n) is 4.61. The molecule has 4 rings (SSSR count). The molecule has 3 atom stereocenters. The van der Waals surface area contributed by atoms with Gasteiger partial charge in [-0.15, -0.1) is 0 Å². The summed E-state index contributed by atoms with van der Waals surface area (Å²) in [7, 11) is -4.07. The van der Waals surface area contributed by atoms with Gasteiger partial charge in [0.25, 0.3) is 0 Å². The highest BCUT2D eigenvalue weighted by Gasteiger charge is 2.42. The van der Waals surface area contributed by atoms with Gasteiger partial charge in [0.2, 0.25) is 15.9 Å². The van der Waals surface area contributed by atoms with E-state index in [2.05, 4.69) is 9.46 Å². The van der Waals surface area contributed by atoms with Gasteiger partial charge in [-0.3, -0.25) is 4.79 Å². The average molecular weight is 499 g/mol. The van der Waals surface area contributed by atoms with E-state index >= 15 is 0 Å². The number of sulfonamides is 1. The van der Waals surface area contributed by atoms with Crippen LogP contribution in [0.4, 0.5) is 13.2 Å². The Balaban J connectivity index is 1.55. The van der Waals surface area contributed by atoms with E-state index in [1.165, 1.54) is 30.3 Å². The van der Waals surface area contributed by atoms with Gasteiger partial charge in [-0.2, -0.15) is 8.78 Å². The number of amides is 1. The minimum absolute atomic E-state index is 0.0911. The molecule has 1 saturated carbocycles. The van der Waals surface area contributed by atoms with Gasteiger partial charge in [0.1, 0.15) is 11.6 Å². The summed E-state index contributed by atoms with van der Waals surface area (Å²) in [5.74, 6) is -1.57. The van der Waals surface area contributed by atoms with Crippen LogP contribution in [0.5, 0.6) is 5.75 Å². The van der Waals surface area contributed by atoms with Gasteiger partial charge >= 0.3 is 6.61 Å². The van der Waals surface area contributed by atoms with Gasteiger partial charge in [-0.05, 0) is 48.6 Å². The molecule has 34 heavy (non-hydrogen) atoms. The standard InChI is InChI=1S/C23H25F3N2O5S/c24-16-6-4-15(5-7-16)20-12-17(13-21(20)22(29)28-8-10-32-11-9-28)27-34(30,31)19-3-1-2-18(14-19)33-23(25)26/h1-7,14,17,20-21,23,27H,8-13H2/t17-,20+,21-/m0/s1. The van der Waals surface area contributed by atoms with Crippen molar-refractivity contribution in [3.63, 3.8) is 0 Å². The van der Waals surface area contributed by atoms with E-state index in [-0.39, 0.29) is 28.9 Å². The van der Waals surface area contributed by atoms with Crippen LogP contribution in [0.1, 0.15) is 24.3 Å². The number of carbonyl (C=O) groups excluding carboxylic acids is 1. The smallest absolute Gasteiger partial charge is 0.387 e. The van der Waals surface area contributed by atoms with Crippen molar-refractivity contribution in [3.05, 3.63) is 59.9 Å². The van der Waals surface area contributed by atoms with Crippen molar-refractivity contribution >= 4 is 15.9 Å². The molecule has 1 N–H and O–H groups in total. The van der Waals surface area contributed by atoms with E-state index in [9.17, 15) is 26.4 Å². The van der Waals surface area contributed by atoms with Crippen molar-refractivity contribution in [3.8, 4) is 5.75 Å². The predicted octanol–water partition coefficient (Wildman–Crippen LogP) is 3.13. The Morgan fingerprint density at radius 3 is 2.47 bits per heavy atom. The maximum atomic E-state index is 13.5. The number of carbonyl (C=O) groups is 1. The lowest BCUT2D eigenvalue weighted by Gasteiger charge is -2.31. The maximum Gasteiger partial charge on any atom is 0.387 e. The van der Waals surface area contributed by atoms with Crippen molar-refractivity contribution in [1.82, 2.24) is 9.62 Å². The zero-order valence-corrected chi connectivity index (χ0v) is 19.0. The van der Waals surface area contributed by atoms with Crippen LogP contribution in [0, 0.1) is 11.7 Å². The van der Waals surface area contributed by atoms with Gasteiger partial charge in [0, 0.05) is 31.1 Å². The fourth-order valence-corrected chi connectivity index (χ4v) is 5.90. The summed E-state index contributed by atoms with van der Waals surface area (Å²) in [6.07, 6.45) is 0.587. The minimum atomic E-state index is -4.07. The molecule has 2 fully saturated rings. The predicted molar refractivity (Wildman–Crippen MR) is 116 cm³/mol. The Kier molecular flexibility index (Phi) is 7.44. The zero-order valence-electron chi connectivity index (χ0n) is 18.2. The third-order valence-electron chi connectivity index (χ3n) is 6.16. The fraction of sp³-hybridized carbons (Fsp3) is 0.435. The number of nitrogens with one attached hydrogen (secondary N) is 1. The van der Waals surface area contributed by atoms with Crippen LogP contribution in [0.25, 0.3) is 0 Å². The highest BCUT2D eigenvalue weighted by atomic mass is 32.2. The molecule has 0 aromatic heterocycles. The van der Waals surface area contributed by atoms with Gasteiger partial charge in [0.15, 0.2) is 0 Å². The van der Waals surface area contributed by atoms with Crippen molar-refractivity contribution in [2.75, 3.05) is 26.3 Å². The number of morpholine rings is 1. The largest absolute Gasteiger partial charge is 0.435 e. The average Bonchev–Trinajstić information content (AvgIpc) is 3.22. The van der Waals surface area contributed by atoms with Crippen molar-refractivity contribution in [2.45, 2.75) is 36.3 Å². The molecule has 1 aliphatic carbocycles. The Hall–Kier alpha value is -2.63. The maximum absolute atomic E-state index is 13.5. The van der Waals surface area contributed by atoms with Crippen LogP contribution in [0.2, 0.25) is 0 Å². The minimum Gasteiger partial charge on any atom is -0.435 e. The second-order valence-corrected chi connectivity index (χ2v) is 10.1. The summed E-state index contributed by atoms with van der Waals surface area (Å²) in [5.41, 5.74) is 0.752. The number of nitrogens with zero attached hydrogens (tertiary/aromatic N) is 1. The lowest BCUT2D eigenvalue weighted by atomic mass is 9.88. The molecule has 1 aliphatic heterocycles. The number of hydrogen-bond acceptors (Lipinski definition) is 5. The summed E-state index contributed by atoms with van der Waals surface area (Å²) in [6, 6.07) is 10.1. The number of benzene rings is 2. The first-order valence-electron chi connectivity index (χ1n) is 10.9. The van der Waals surface area contributed by atoms with E-state index in [0.717, 1.165) is 11.6 Å². The Morgan fingerprint density at radius 2 is 1.79 bits per heavy atom. The van der Waals surface area contributed by atoms with Crippen LogP contribution in [0.3, 0.4) is 0 Å². The molecule has 0 unspecified atom stereocenters. The molecule has 2 aromatic carbocycles. The van der Waals surface area contributed by atoms with E-state index in [1.807, 2.05) is 0 Å². The molecule has 0 spiro atoms. The highest BCUT2D eigenvalue weighted by Crippen LogP contribution is 2.41. The van der Waals surface area contributed by atoms with Crippen LogP contribution < -0.4 is 9.46 Å². The summed E-state index contributed by atoms with van der Waals surface area (Å²) in [5, 5.41) is 0. The molecule has 0 bridgehead atoms. The summed E-state index contributed by atoms with van der Waals surface area (Å²) in [4.78, 5) is 14.8. The molecular weight excluding hydrogens is 473 g/mol.